The first kappa shape index (κ1) is 10.6. The third-order valence-electron chi connectivity index (χ3n) is 2.65. The van der Waals surface area contributed by atoms with E-state index in [1.54, 1.807) is 6.26 Å². The van der Waals surface area contributed by atoms with Crippen molar-refractivity contribution >= 4 is 17.5 Å². The average Bonchev–Trinajstić information content (AvgIpc) is 2.84. The van der Waals surface area contributed by atoms with Crippen LogP contribution < -0.4 is 0 Å². The number of nitrogens with zero attached hydrogens (tertiary/aromatic N) is 1. The summed E-state index contributed by atoms with van der Waals surface area (Å²) in [6.07, 6.45) is 3.73. The molecule has 15 heavy (non-hydrogen) atoms. The van der Waals surface area contributed by atoms with Gasteiger partial charge >= 0.3 is 0 Å². The maximum absolute atomic E-state index is 11.7. The van der Waals surface area contributed by atoms with Gasteiger partial charge in [-0.1, -0.05) is 0 Å². The number of halogens is 1. The molecule has 0 saturated carbocycles. The van der Waals surface area contributed by atoms with Gasteiger partial charge in [-0.25, -0.2) is 0 Å². The topological polar surface area (TPSA) is 33.5 Å². The lowest BCUT2D eigenvalue weighted by molar-refractivity contribution is -0.130. The molecule has 3 nitrogen and oxygen atoms in total. The second-order valence-electron chi connectivity index (χ2n) is 3.81. The fourth-order valence-electron chi connectivity index (χ4n) is 1.79. The Labute approximate surface area is 94.0 Å². The highest BCUT2D eigenvalue weighted by molar-refractivity contribution is 6.21. The summed E-state index contributed by atoms with van der Waals surface area (Å²) in [6, 6.07) is 3.73. The van der Waals surface area contributed by atoms with Gasteiger partial charge in [0.25, 0.3) is 0 Å². The van der Waals surface area contributed by atoms with E-state index in [4.69, 9.17) is 16.0 Å². The summed E-state index contributed by atoms with van der Waals surface area (Å²) in [6.45, 7) is 1.49. The number of aryl methyl sites for hydroxylation is 1. The Morgan fingerprint density at radius 2 is 2.53 bits per heavy atom. The van der Waals surface area contributed by atoms with Crippen LogP contribution in [0.2, 0.25) is 0 Å². The average molecular weight is 228 g/mol. The molecule has 1 saturated heterocycles. The lowest BCUT2D eigenvalue weighted by Gasteiger charge is -2.14. The molecule has 0 aromatic carbocycles. The fraction of sp³-hybridized carbons (Fsp3) is 0.545. The second kappa shape index (κ2) is 4.71. The molecule has 1 unspecified atom stereocenters. The smallest absolute Gasteiger partial charge is 0.223 e. The first-order valence-corrected chi connectivity index (χ1v) is 5.63. The molecule has 0 N–H and O–H groups in total. The molecular weight excluding hydrogens is 214 g/mol. The van der Waals surface area contributed by atoms with Crippen LogP contribution in [0.5, 0.6) is 0 Å². The monoisotopic (exact) mass is 227 g/mol. The molecule has 1 fully saturated rings. The van der Waals surface area contributed by atoms with Crippen molar-refractivity contribution in [2.75, 3.05) is 13.1 Å². The van der Waals surface area contributed by atoms with Gasteiger partial charge in [-0.05, 0) is 18.6 Å². The summed E-state index contributed by atoms with van der Waals surface area (Å²) in [5.41, 5.74) is 0. The number of alkyl halides is 1. The Kier molecular flexibility index (Phi) is 3.31. The highest BCUT2D eigenvalue weighted by Crippen LogP contribution is 2.16. The normalized spacial score (nSPS) is 20.9. The molecule has 0 spiro atoms. The summed E-state index contributed by atoms with van der Waals surface area (Å²) < 4.78 is 5.17. The minimum absolute atomic E-state index is 0.137. The number of hydrogen-bond donors (Lipinski definition) is 0. The van der Waals surface area contributed by atoms with Crippen LogP contribution >= 0.6 is 11.6 Å². The van der Waals surface area contributed by atoms with Crippen LogP contribution in [0.15, 0.2) is 22.8 Å². The molecule has 0 radical (unpaired) electrons. The Balaban J connectivity index is 1.78. The molecule has 4 heteroatoms. The number of likely N-dealkylation sites (tertiary alicyclic amines) is 1. The lowest BCUT2D eigenvalue weighted by atomic mass is 10.2. The van der Waals surface area contributed by atoms with Crippen molar-refractivity contribution in [2.24, 2.45) is 0 Å². The number of carbonyl (C=O) groups is 1. The molecular formula is C11H14ClNO2. The van der Waals surface area contributed by atoms with E-state index in [-0.39, 0.29) is 11.3 Å². The van der Waals surface area contributed by atoms with E-state index in [1.165, 1.54) is 0 Å². The largest absolute Gasteiger partial charge is 0.469 e. The van der Waals surface area contributed by atoms with Crippen LogP contribution in [0.3, 0.4) is 0 Å². The first-order valence-electron chi connectivity index (χ1n) is 5.20. The van der Waals surface area contributed by atoms with Gasteiger partial charge in [0, 0.05) is 25.9 Å². The van der Waals surface area contributed by atoms with Crippen molar-refractivity contribution in [3.63, 3.8) is 0 Å². The highest BCUT2D eigenvalue weighted by Gasteiger charge is 2.24. The highest BCUT2D eigenvalue weighted by atomic mass is 35.5. The van der Waals surface area contributed by atoms with Crippen LogP contribution in [-0.4, -0.2) is 29.3 Å². The molecule has 1 aliphatic heterocycles. The number of hydrogen-bond acceptors (Lipinski definition) is 2. The summed E-state index contributed by atoms with van der Waals surface area (Å²) >= 11 is 5.94. The number of carbonyl (C=O) groups excluding carboxylic acids is 1. The van der Waals surface area contributed by atoms with Crippen molar-refractivity contribution < 1.29 is 9.21 Å². The van der Waals surface area contributed by atoms with Gasteiger partial charge in [-0.2, -0.15) is 0 Å². The third-order valence-corrected chi connectivity index (χ3v) is 3.01. The van der Waals surface area contributed by atoms with E-state index in [0.717, 1.165) is 18.7 Å². The van der Waals surface area contributed by atoms with Crippen LogP contribution in [0, 0.1) is 0 Å². The van der Waals surface area contributed by atoms with Crippen molar-refractivity contribution in [2.45, 2.75) is 24.6 Å². The predicted octanol–water partition coefficient (Wildman–Crippen LogP) is 2.05. The Hall–Kier alpha value is -0.960. The predicted molar refractivity (Wildman–Crippen MR) is 57.9 cm³/mol. The van der Waals surface area contributed by atoms with E-state index in [1.807, 2.05) is 17.0 Å². The quantitative estimate of drug-likeness (QED) is 0.741. The van der Waals surface area contributed by atoms with E-state index in [2.05, 4.69) is 0 Å². The molecule has 1 aromatic rings. The van der Waals surface area contributed by atoms with Gasteiger partial charge in [-0.15, -0.1) is 11.6 Å². The molecule has 1 amide bonds. The van der Waals surface area contributed by atoms with Crippen molar-refractivity contribution in [3.8, 4) is 0 Å². The van der Waals surface area contributed by atoms with E-state index >= 15 is 0 Å². The van der Waals surface area contributed by atoms with Crippen molar-refractivity contribution in [1.82, 2.24) is 4.90 Å². The van der Waals surface area contributed by atoms with Gasteiger partial charge in [0.1, 0.15) is 5.76 Å². The summed E-state index contributed by atoms with van der Waals surface area (Å²) in [4.78, 5) is 13.5. The number of amides is 1. The standard InChI is InChI=1S/C11H14ClNO2/c12-9-5-6-13(8-9)11(14)4-3-10-2-1-7-15-10/h1-2,7,9H,3-6,8H2. The summed E-state index contributed by atoms with van der Waals surface area (Å²) in [7, 11) is 0. The molecule has 2 rings (SSSR count). The summed E-state index contributed by atoms with van der Waals surface area (Å²) in [5, 5.41) is 0.137. The molecule has 0 bridgehead atoms. The van der Waals surface area contributed by atoms with Gasteiger partial charge in [0.15, 0.2) is 0 Å². The van der Waals surface area contributed by atoms with E-state index in [9.17, 15) is 4.79 Å². The molecule has 1 aliphatic rings. The second-order valence-corrected chi connectivity index (χ2v) is 4.42. The maximum Gasteiger partial charge on any atom is 0.223 e. The van der Waals surface area contributed by atoms with Crippen LogP contribution in [0.25, 0.3) is 0 Å². The Bertz CT molecular complexity index is 323. The molecule has 1 atom stereocenters. The summed E-state index contributed by atoms with van der Waals surface area (Å²) in [5.74, 6) is 1.04. The maximum atomic E-state index is 11.7. The van der Waals surface area contributed by atoms with E-state index < -0.39 is 0 Å². The van der Waals surface area contributed by atoms with Gasteiger partial charge in [0.05, 0.1) is 11.6 Å². The molecule has 1 aromatic heterocycles. The van der Waals surface area contributed by atoms with E-state index in [0.29, 0.717) is 19.4 Å². The van der Waals surface area contributed by atoms with Crippen LogP contribution in [0.1, 0.15) is 18.6 Å². The lowest BCUT2D eigenvalue weighted by Crippen LogP contribution is -2.28. The van der Waals surface area contributed by atoms with Crippen LogP contribution in [-0.2, 0) is 11.2 Å². The van der Waals surface area contributed by atoms with Gasteiger partial charge in [-0.3, -0.25) is 4.79 Å². The number of furan rings is 1. The van der Waals surface area contributed by atoms with Gasteiger partial charge in [0.2, 0.25) is 5.91 Å². The Morgan fingerprint density at radius 1 is 1.67 bits per heavy atom. The molecule has 2 heterocycles. The van der Waals surface area contributed by atoms with Crippen molar-refractivity contribution in [3.05, 3.63) is 24.2 Å². The zero-order chi connectivity index (χ0) is 10.7. The van der Waals surface area contributed by atoms with Crippen LogP contribution in [0.4, 0.5) is 0 Å². The SMILES string of the molecule is O=C(CCc1ccco1)N1CCC(Cl)C1. The Morgan fingerprint density at radius 3 is 3.13 bits per heavy atom. The van der Waals surface area contributed by atoms with Gasteiger partial charge < -0.3 is 9.32 Å². The fourth-order valence-corrected chi connectivity index (χ4v) is 2.05. The number of rotatable bonds is 3. The third kappa shape index (κ3) is 2.75. The van der Waals surface area contributed by atoms with Crippen molar-refractivity contribution in [1.29, 1.82) is 0 Å². The minimum Gasteiger partial charge on any atom is -0.469 e. The molecule has 82 valence electrons. The minimum atomic E-state index is 0.137. The zero-order valence-electron chi connectivity index (χ0n) is 8.49. The zero-order valence-corrected chi connectivity index (χ0v) is 9.24. The first-order chi connectivity index (χ1) is 7.25. The molecule has 0 aliphatic carbocycles.